The fraction of sp³-hybridized carbons (Fsp3) is 0.0714. The van der Waals surface area contributed by atoms with Gasteiger partial charge in [-0.05, 0) is 24.3 Å². The number of fused-ring (bicyclic) bond motifs is 1. The van der Waals surface area contributed by atoms with E-state index in [1.807, 2.05) is 42.5 Å². The molecule has 0 saturated carbocycles. The quantitative estimate of drug-likeness (QED) is 0.759. The molecule has 96 valence electrons. The van der Waals surface area contributed by atoms with E-state index in [2.05, 4.69) is 10.3 Å². The molecule has 5 heteroatoms. The average molecular weight is 291 g/mol. The second-order valence-corrected chi connectivity index (χ2v) is 5.40. The Hall–Kier alpha value is -1.78. The van der Waals surface area contributed by atoms with Gasteiger partial charge in [-0.3, -0.25) is 0 Å². The van der Waals surface area contributed by atoms with Crippen molar-refractivity contribution in [3.05, 3.63) is 47.5 Å². The molecule has 3 rings (SSSR count). The summed E-state index contributed by atoms with van der Waals surface area (Å²) in [5.74, 6) is 0.807. The number of ether oxygens (including phenoxy) is 1. The third-order valence-electron chi connectivity index (χ3n) is 2.71. The van der Waals surface area contributed by atoms with Crippen LogP contribution in [0.1, 0.15) is 0 Å². The minimum absolute atomic E-state index is 0.680. The molecule has 0 fully saturated rings. The smallest absolute Gasteiger partial charge is 0.188 e. The monoisotopic (exact) mass is 290 g/mol. The van der Waals surface area contributed by atoms with Gasteiger partial charge in [0.25, 0.3) is 0 Å². The number of halogens is 1. The molecule has 0 aliphatic heterocycles. The molecule has 3 nitrogen and oxygen atoms in total. The van der Waals surface area contributed by atoms with Gasteiger partial charge >= 0.3 is 0 Å². The zero-order chi connectivity index (χ0) is 13.2. The van der Waals surface area contributed by atoms with Gasteiger partial charge < -0.3 is 10.1 Å². The summed E-state index contributed by atoms with van der Waals surface area (Å²) in [6, 6.07) is 13.5. The molecule has 0 amide bonds. The number of para-hydroxylation sites is 1. The summed E-state index contributed by atoms with van der Waals surface area (Å²) in [6.07, 6.45) is 0. The maximum Gasteiger partial charge on any atom is 0.188 e. The van der Waals surface area contributed by atoms with Crippen molar-refractivity contribution in [2.24, 2.45) is 0 Å². The fourth-order valence-electron chi connectivity index (χ4n) is 1.77. The Morgan fingerprint density at radius 2 is 2.05 bits per heavy atom. The minimum atomic E-state index is 0.680. The lowest BCUT2D eigenvalue weighted by Crippen LogP contribution is -1.89. The largest absolute Gasteiger partial charge is 0.497 e. The van der Waals surface area contributed by atoms with E-state index in [4.69, 9.17) is 16.3 Å². The number of nitrogens with one attached hydrogen (secondary N) is 1. The fourth-order valence-corrected chi connectivity index (χ4v) is 2.81. The number of aromatic nitrogens is 1. The number of anilines is 2. The van der Waals surface area contributed by atoms with E-state index in [1.54, 1.807) is 18.4 Å². The summed E-state index contributed by atoms with van der Waals surface area (Å²) in [7, 11) is 1.65. The van der Waals surface area contributed by atoms with Crippen LogP contribution in [0, 0.1) is 0 Å². The topological polar surface area (TPSA) is 34.1 Å². The first kappa shape index (κ1) is 12.3. The number of thiazole rings is 1. The van der Waals surface area contributed by atoms with Gasteiger partial charge in [-0.1, -0.05) is 35.1 Å². The summed E-state index contributed by atoms with van der Waals surface area (Å²) in [5.41, 5.74) is 1.77. The van der Waals surface area contributed by atoms with Crippen molar-refractivity contribution in [2.75, 3.05) is 12.4 Å². The molecule has 0 unspecified atom stereocenters. The van der Waals surface area contributed by atoms with Gasteiger partial charge in [-0.15, -0.1) is 0 Å². The molecular formula is C14H11ClN2OS. The summed E-state index contributed by atoms with van der Waals surface area (Å²) in [4.78, 5) is 4.53. The third-order valence-corrected chi connectivity index (χ3v) is 3.99. The first-order valence-corrected chi connectivity index (χ1v) is 6.92. The summed E-state index contributed by atoms with van der Waals surface area (Å²) < 4.78 is 6.30. The average Bonchev–Trinajstić information content (AvgIpc) is 2.82. The standard InChI is InChI=1S/C14H11ClN2OS/c1-18-9-6-7-13-12(8-9)17-14(19-13)16-11-5-3-2-4-10(11)15/h2-8H,1H3,(H,16,17). The van der Waals surface area contributed by atoms with Crippen molar-refractivity contribution in [1.82, 2.24) is 4.98 Å². The molecule has 0 spiro atoms. The molecule has 0 bridgehead atoms. The highest BCUT2D eigenvalue weighted by molar-refractivity contribution is 7.22. The van der Waals surface area contributed by atoms with Crippen molar-refractivity contribution in [3.8, 4) is 5.75 Å². The maximum absolute atomic E-state index is 6.11. The van der Waals surface area contributed by atoms with E-state index in [9.17, 15) is 0 Å². The van der Waals surface area contributed by atoms with Crippen molar-refractivity contribution < 1.29 is 4.74 Å². The van der Waals surface area contributed by atoms with Crippen molar-refractivity contribution in [3.63, 3.8) is 0 Å². The Labute approximate surface area is 119 Å². The normalized spacial score (nSPS) is 10.6. The molecule has 0 aliphatic carbocycles. The third kappa shape index (κ3) is 2.50. The van der Waals surface area contributed by atoms with Gasteiger partial charge in [-0.2, -0.15) is 0 Å². The summed E-state index contributed by atoms with van der Waals surface area (Å²) >= 11 is 7.70. The molecule has 1 aromatic heterocycles. The molecule has 0 atom stereocenters. The van der Waals surface area contributed by atoms with Gasteiger partial charge in [0.05, 0.1) is 28.0 Å². The number of hydrogen-bond acceptors (Lipinski definition) is 4. The Kier molecular flexibility index (Phi) is 3.27. The van der Waals surface area contributed by atoms with Gasteiger partial charge in [0.2, 0.25) is 0 Å². The Morgan fingerprint density at radius 1 is 1.21 bits per heavy atom. The molecule has 0 aliphatic rings. The van der Waals surface area contributed by atoms with Gasteiger partial charge in [0.1, 0.15) is 5.75 Å². The van der Waals surface area contributed by atoms with Crippen LogP contribution in [0.2, 0.25) is 5.02 Å². The van der Waals surface area contributed by atoms with Crippen LogP contribution < -0.4 is 10.1 Å². The highest BCUT2D eigenvalue weighted by Gasteiger charge is 2.06. The summed E-state index contributed by atoms with van der Waals surface area (Å²) in [6.45, 7) is 0. The van der Waals surface area contributed by atoms with Crippen molar-refractivity contribution in [2.45, 2.75) is 0 Å². The van der Waals surface area contributed by atoms with Crippen LogP contribution in [0.3, 0.4) is 0 Å². The molecule has 2 aromatic carbocycles. The lowest BCUT2D eigenvalue weighted by molar-refractivity contribution is 0.415. The maximum atomic E-state index is 6.11. The molecular weight excluding hydrogens is 280 g/mol. The number of nitrogens with zero attached hydrogens (tertiary/aromatic N) is 1. The van der Waals surface area contributed by atoms with E-state index < -0.39 is 0 Å². The van der Waals surface area contributed by atoms with Gasteiger partial charge in [0, 0.05) is 6.07 Å². The summed E-state index contributed by atoms with van der Waals surface area (Å²) in [5, 5.41) is 4.73. The van der Waals surface area contributed by atoms with E-state index >= 15 is 0 Å². The van der Waals surface area contributed by atoms with Crippen molar-refractivity contribution in [1.29, 1.82) is 0 Å². The lowest BCUT2D eigenvalue weighted by atomic mass is 10.3. The van der Waals surface area contributed by atoms with Crippen LogP contribution in [-0.4, -0.2) is 12.1 Å². The number of benzene rings is 2. The lowest BCUT2D eigenvalue weighted by Gasteiger charge is -2.03. The predicted octanol–water partition coefficient (Wildman–Crippen LogP) is 4.70. The van der Waals surface area contributed by atoms with E-state index in [0.717, 1.165) is 26.8 Å². The Balaban J connectivity index is 1.95. The van der Waals surface area contributed by atoms with E-state index in [-0.39, 0.29) is 0 Å². The molecule has 3 aromatic rings. The zero-order valence-electron chi connectivity index (χ0n) is 10.2. The zero-order valence-corrected chi connectivity index (χ0v) is 11.8. The van der Waals surface area contributed by atoms with Crippen LogP contribution in [-0.2, 0) is 0 Å². The minimum Gasteiger partial charge on any atom is -0.497 e. The molecule has 0 saturated heterocycles. The molecule has 0 radical (unpaired) electrons. The number of rotatable bonds is 3. The van der Waals surface area contributed by atoms with Crippen LogP contribution in [0.5, 0.6) is 5.75 Å². The second kappa shape index (κ2) is 5.07. The number of methoxy groups -OCH3 is 1. The molecule has 19 heavy (non-hydrogen) atoms. The number of hydrogen-bond donors (Lipinski definition) is 1. The Morgan fingerprint density at radius 3 is 2.84 bits per heavy atom. The highest BCUT2D eigenvalue weighted by atomic mass is 35.5. The van der Waals surface area contributed by atoms with Crippen LogP contribution in [0.4, 0.5) is 10.8 Å². The van der Waals surface area contributed by atoms with E-state index in [1.165, 1.54) is 0 Å². The molecule has 1 heterocycles. The van der Waals surface area contributed by atoms with Crippen molar-refractivity contribution >= 4 is 44.0 Å². The van der Waals surface area contributed by atoms with Crippen LogP contribution in [0.25, 0.3) is 10.2 Å². The second-order valence-electron chi connectivity index (χ2n) is 3.96. The Bertz CT molecular complexity index is 726. The first-order chi connectivity index (χ1) is 9.26. The van der Waals surface area contributed by atoms with Gasteiger partial charge in [-0.25, -0.2) is 4.98 Å². The first-order valence-electron chi connectivity index (χ1n) is 5.72. The predicted molar refractivity (Wildman–Crippen MR) is 80.9 cm³/mol. The van der Waals surface area contributed by atoms with Gasteiger partial charge in [0.15, 0.2) is 5.13 Å². The molecule has 1 N–H and O–H groups in total. The SMILES string of the molecule is COc1ccc2sc(Nc3ccccc3Cl)nc2c1. The van der Waals surface area contributed by atoms with Crippen LogP contribution >= 0.6 is 22.9 Å². The highest BCUT2D eigenvalue weighted by Crippen LogP contribution is 2.32. The van der Waals surface area contributed by atoms with E-state index in [0.29, 0.717) is 5.02 Å². The van der Waals surface area contributed by atoms with Crippen LogP contribution in [0.15, 0.2) is 42.5 Å².